The van der Waals surface area contributed by atoms with Crippen molar-refractivity contribution in [3.8, 4) is 5.69 Å². The highest BCUT2D eigenvalue weighted by Gasteiger charge is 2.42. The van der Waals surface area contributed by atoms with Crippen molar-refractivity contribution in [3.05, 3.63) is 77.0 Å². The molecule has 0 radical (unpaired) electrons. The fourth-order valence-electron chi connectivity index (χ4n) is 5.23. The van der Waals surface area contributed by atoms with Crippen molar-refractivity contribution >= 4 is 23.6 Å². The van der Waals surface area contributed by atoms with Gasteiger partial charge in [0, 0.05) is 18.2 Å². The summed E-state index contributed by atoms with van der Waals surface area (Å²) in [7, 11) is 0. The quantitative estimate of drug-likeness (QED) is 0.542. The number of fused-ring (bicyclic) bond motifs is 1. The lowest BCUT2D eigenvalue weighted by atomic mass is 9.91. The van der Waals surface area contributed by atoms with E-state index in [0.717, 1.165) is 53.2 Å². The molecule has 7 heteroatoms. The van der Waals surface area contributed by atoms with Gasteiger partial charge in [0.2, 0.25) is 11.8 Å². The highest BCUT2D eigenvalue weighted by molar-refractivity contribution is 8.00. The number of amides is 2. The standard InChI is InChI=1S/C28H32N4O2S/c1-19-13-15-21(16-14-19)17-29-27(34)26-25-20(2)30-32(23-11-7-4-8-12-23)28(25)35-18-24(33)31(26)22-9-5-3-6-10-22/h4,7-8,11-16,22,26H,3,5-6,9-10,17-18H2,1-2H3,(H,29,34)/t26-/m0/s1. The number of hydrogen-bond acceptors (Lipinski definition) is 4. The topological polar surface area (TPSA) is 67.2 Å². The molecular formula is C28H32N4O2S. The predicted octanol–water partition coefficient (Wildman–Crippen LogP) is 5.11. The van der Waals surface area contributed by atoms with Crippen LogP contribution < -0.4 is 5.32 Å². The molecule has 6 nitrogen and oxygen atoms in total. The predicted molar refractivity (Wildman–Crippen MR) is 139 cm³/mol. The van der Waals surface area contributed by atoms with Crippen LogP contribution in [0.5, 0.6) is 0 Å². The molecule has 0 unspecified atom stereocenters. The average molecular weight is 489 g/mol. The third-order valence-corrected chi connectivity index (χ3v) is 8.10. The summed E-state index contributed by atoms with van der Waals surface area (Å²) in [6.07, 6.45) is 5.26. The van der Waals surface area contributed by atoms with E-state index in [0.29, 0.717) is 12.3 Å². The molecule has 3 aromatic rings. The van der Waals surface area contributed by atoms with Gasteiger partial charge in [0.05, 0.1) is 17.1 Å². The minimum absolute atomic E-state index is 0.0348. The zero-order chi connectivity index (χ0) is 24.4. The maximum absolute atomic E-state index is 13.9. The molecule has 0 spiro atoms. The Morgan fingerprint density at radius 1 is 1.03 bits per heavy atom. The maximum Gasteiger partial charge on any atom is 0.247 e. The monoisotopic (exact) mass is 488 g/mol. The summed E-state index contributed by atoms with van der Waals surface area (Å²) in [5, 5.41) is 8.88. The van der Waals surface area contributed by atoms with Crippen LogP contribution in [-0.2, 0) is 16.1 Å². The van der Waals surface area contributed by atoms with Crippen molar-refractivity contribution in [2.75, 3.05) is 5.75 Å². The Balaban J connectivity index is 1.55. The second kappa shape index (κ2) is 10.3. The van der Waals surface area contributed by atoms with Gasteiger partial charge >= 0.3 is 0 Å². The normalized spacial score (nSPS) is 18.7. The van der Waals surface area contributed by atoms with Gasteiger partial charge in [0.15, 0.2) is 0 Å². The molecule has 1 aliphatic heterocycles. The fraction of sp³-hybridized carbons (Fsp3) is 0.393. The van der Waals surface area contributed by atoms with E-state index in [9.17, 15) is 9.59 Å². The van der Waals surface area contributed by atoms with Crippen LogP contribution in [0.15, 0.2) is 59.6 Å². The first-order valence-corrected chi connectivity index (χ1v) is 13.4. The van der Waals surface area contributed by atoms with Crippen LogP contribution in [0.25, 0.3) is 5.69 Å². The second-order valence-corrected chi connectivity index (χ2v) is 10.5. The first kappa shape index (κ1) is 23.7. The Morgan fingerprint density at radius 3 is 2.46 bits per heavy atom. The first-order chi connectivity index (χ1) is 17.0. The summed E-state index contributed by atoms with van der Waals surface area (Å²) < 4.78 is 1.90. The van der Waals surface area contributed by atoms with Crippen molar-refractivity contribution in [3.63, 3.8) is 0 Å². The summed E-state index contributed by atoms with van der Waals surface area (Å²) >= 11 is 1.49. The van der Waals surface area contributed by atoms with Gasteiger partial charge in [-0.1, -0.05) is 79.1 Å². The van der Waals surface area contributed by atoms with Crippen LogP contribution >= 0.6 is 11.8 Å². The molecule has 1 aromatic heterocycles. The summed E-state index contributed by atoms with van der Waals surface area (Å²) in [6, 6.07) is 17.5. The van der Waals surface area contributed by atoms with E-state index >= 15 is 0 Å². The Morgan fingerprint density at radius 2 is 1.74 bits per heavy atom. The molecule has 2 heterocycles. The third kappa shape index (κ3) is 4.87. The Bertz CT molecular complexity index is 1200. The van der Waals surface area contributed by atoms with Crippen LogP contribution in [0, 0.1) is 13.8 Å². The van der Waals surface area contributed by atoms with Crippen LogP contribution in [-0.4, -0.2) is 38.3 Å². The summed E-state index contributed by atoms with van der Waals surface area (Å²) in [6.45, 7) is 4.43. The molecule has 2 amide bonds. The average Bonchev–Trinajstić information content (AvgIpc) is 3.12. The van der Waals surface area contributed by atoms with E-state index < -0.39 is 6.04 Å². The molecule has 1 fully saturated rings. The molecule has 1 atom stereocenters. The van der Waals surface area contributed by atoms with Crippen LogP contribution in [0.3, 0.4) is 0 Å². The number of carbonyl (C=O) groups is 2. The lowest BCUT2D eigenvalue weighted by Crippen LogP contribution is -2.49. The molecule has 0 bridgehead atoms. The van der Waals surface area contributed by atoms with E-state index in [2.05, 4.69) is 5.32 Å². The van der Waals surface area contributed by atoms with Gasteiger partial charge < -0.3 is 10.2 Å². The minimum Gasteiger partial charge on any atom is -0.350 e. The SMILES string of the molecule is Cc1ccc(CNC(=O)[C@@H]2c3c(C)nn(-c4ccccc4)c3SCC(=O)N2C2CCCCC2)cc1. The highest BCUT2D eigenvalue weighted by atomic mass is 32.2. The third-order valence-electron chi connectivity index (χ3n) is 7.04. The van der Waals surface area contributed by atoms with Gasteiger partial charge in [-0.15, -0.1) is 0 Å². The van der Waals surface area contributed by atoms with Crippen molar-refractivity contribution in [2.45, 2.75) is 69.6 Å². The number of thioether (sulfide) groups is 1. The van der Waals surface area contributed by atoms with E-state index in [-0.39, 0.29) is 17.9 Å². The summed E-state index contributed by atoms with van der Waals surface area (Å²) in [5.74, 6) is 0.208. The summed E-state index contributed by atoms with van der Waals surface area (Å²) in [4.78, 5) is 29.4. The molecule has 2 aliphatic rings. The smallest absolute Gasteiger partial charge is 0.247 e. The van der Waals surface area contributed by atoms with Gasteiger partial charge in [0.1, 0.15) is 11.1 Å². The van der Waals surface area contributed by atoms with E-state index in [1.54, 1.807) is 0 Å². The lowest BCUT2D eigenvalue weighted by Gasteiger charge is -2.38. The minimum atomic E-state index is -0.682. The van der Waals surface area contributed by atoms with Crippen molar-refractivity contribution < 1.29 is 9.59 Å². The van der Waals surface area contributed by atoms with E-state index in [4.69, 9.17) is 5.10 Å². The number of hydrogen-bond donors (Lipinski definition) is 1. The largest absolute Gasteiger partial charge is 0.350 e. The molecule has 2 aromatic carbocycles. The number of nitrogens with zero attached hydrogens (tertiary/aromatic N) is 3. The molecule has 35 heavy (non-hydrogen) atoms. The molecule has 5 rings (SSSR count). The van der Waals surface area contributed by atoms with Crippen LogP contribution in [0.2, 0.25) is 0 Å². The molecule has 1 saturated carbocycles. The zero-order valence-electron chi connectivity index (χ0n) is 20.4. The number of rotatable bonds is 5. The van der Waals surface area contributed by atoms with Gasteiger partial charge in [-0.2, -0.15) is 5.10 Å². The Labute approximate surface area is 211 Å². The number of carbonyl (C=O) groups excluding carboxylic acids is 2. The molecule has 1 N–H and O–H groups in total. The van der Waals surface area contributed by atoms with Crippen LogP contribution in [0.4, 0.5) is 0 Å². The Hall–Kier alpha value is -3.06. The van der Waals surface area contributed by atoms with Crippen LogP contribution in [0.1, 0.15) is 60.5 Å². The highest BCUT2D eigenvalue weighted by Crippen LogP contribution is 2.41. The van der Waals surface area contributed by atoms with Crippen molar-refractivity contribution in [1.29, 1.82) is 0 Å². The van der Waals surface area contributed by atoms with Gasteiger partial charge in [0.25, 0.3) is 0 Å². The fourth-order valence-corrected chi connectivity index (χ4v) is 6.32. The number of nitrogens with one attached hydrogen (secondary N) is 1. The van der Waals surface area contributed by atoms with Gasteiger partial charge in [-0.25, -0.2) is 4.68 Å². The first-order valence-electron chi connectivity index (χ1n) is 12.4. The molecule has 0 saturated heterocycles. The Kier molecular flexibility index (Phi) is 6.95. The lowest BCUT2D eigenvalue weighted by molar-refractivity contribution is -0.142. The molecule has 182 valence electrons. The number of aryl methyl sites for hydroxylation is 2. The molecule has 1 aliphatic carbocycles. The van der Waals surface area contributed by atoms with E-state index in [1.807, 2.05) is 78.0 Å². The van der Waals surface area contributed by atoms with Crippen molar-refractivity contribution in [1.82, 2.24) is 20.0 Å². The maximum atomic E-state index is 13.9. The van der Waals surface area contributed by atoms with Crippen molar-refractivity contribution in [2.24, 2.45) is 0 Å². The molecular weight excluding hydrogens is 456 g/mol. The zero-order valence-corrected chi connectivity index (χ0v) is 21.2. The van der Waals surface area contributed by atoms with Gasteiger partial charge in [-0.05, 0) is 44.4 Å². The second-order valence-electron chi connectivity index (χ2n) is 9.54. The number of aromatic nitrogens is 2. The van der Waals surface area contributed by atoms with Gasteiger partial charge in [-0.3, -0.25) is 9.59 Å². The summed E-state index contributed by atoms with van der Waals surface area (Å²) in [5.41, 5.74) is 4.81. The number of para-hydroxylation sites is 1. The van der Waals surface area contributed by atoms with E-state index in [1.165, 1.54) is 23.7 Å². The number of benzene rings is 2.